The van der Waals surface area contributed by atoms with Gasteiger partial charge in [-0.1, -0.05) is 24.3 Å². The number of amides is 1. The SMILES string of the molecule is O=C(CC1CCCc2ccccc21)NCC1(CO)CC1. The van der Waals surface area contributed by atoms with E-state index in [-0.39, 0.29) is 17.9 Å². The number of nitrogens with one attached hydrogen (secondary N) is 1. The van der Waals surface area contributed by atoms with Gasteiger partial charge in [-0.05, 0) is 49.1 Å². The molecular weight excluding hydrogens is 250 g/mol. The third-order valence-corrected chi connectivity index (χ3v) is 4.88. The summed E-state index contributed by atoms with van der Waals surface area (Å²) in [6.45, 7) is 0.830. The van der Waals surface area contributed by atoms with Gasteiger partial charge in [0.1, 0.15) is 0 Å². The molecule has 2 aliphatic rings. The average molecular weight is 273 g/mol. The molecule has 0 radical (unpaired) electrons. The van der Waals surface area contributed by atoms with E-state index in [1.165, 1.54) is 17.5 Å². The van der Waals surface area contributed by atoms with Gasteiger partial charge in [0, 0.05) is 18.4 Å². The van der Waals surface area contributed by atoms with Gasteiger partial charge in [0.25, 0.3) is 0 Å². The molecule has 108 valence electrons. The zero-order valence-corrected chi connectivity index (χ0v) is 11.9. The highest BCUT2D eigenvalue weighted by molar-refractivity contribution is 5.77. The standard InChI is InChI=1S/C17H23NO2/c19-12-17(8-9-17)11-18-16(20)10-14-6-3-5-13-4-1-2-7-15(13)14/h1-2,4,7,14,19H,3,5-6,8-12H2,(H,18,20). The molecule has 2 aliphatic carbocycles. The van der Waals surface area contributed by atoms with E-state index in [4.69, 9.17) is 0 Å². The third kappa shape index (κ3) is 2.88. The van der Waals surface area contributed by atoms with Crippen molar-refractivity contribution < 1.29 is 9.90 Å². The number of fused-ring (bicyclic) bond motifs is 1. The number of aliphatic hydroxyl groups excluding tert-OH is 1. The number of aryl methyl sites for hydroxylation is 1. The Balaban J connectivity index is 1.57. The van der Waals surface area contributed by atoms with E-state index >= 15 is 0 Å². The van der Waals surface area contributed by atoms with E-state index in [0.717, 1.165) is 25.7 Å². The maximum atomic E-state index is 12.1. The lowest BCUT2D eigenvalue weighted by atomic mass is 9.81. The van der Waals surface area contributed by atoms with Crippen LogP contribution in [0.3, 0.4) is 0 Å². The van der Waals surface area contributed by atoms with E-state index in [9.17, 15) is 9.90 Å². The van der Waals surface area contributed by atoms with Crippen LogP contribution in [0.15, 0.2) is 24.3 Å². The monoisotopic (exact) mass is 273 g/mol. The predicted molar refractivity (Wildman–Crippen MR) is 78.5 cm³/mol. The topological polar surface area (TPSA) is 49.3 Å². The van der Waals surface area contributed by atoms with Crippen molar-refractivity contribution in [3.63, 3.8) is 0 Å². The maximum Gasteiger partial charge on any atom is 0.220 e. The Morgan fingerprint density at radius 2 is 2.15 bits per heavy atom. The number of benzene rings is 1. The first kappa shape index (κ1) is 13.6. The molecule has 0 aliphatic heterocycles. The summed E-state index contributed by atoms with van der Waals surface area (Å²) in [5.41, 5.74) is 2.77. The first-order valence-corrected chi connectivity index (χ1v) is 7.68. The van der Waals surface area contributed by atoms with Crippen molar-refractivity contribution in [3.8, 4) is 0 Å². The van der Waals surface area contributed by atoms with Gasteiger partial charge in [0.2, 0.25) is 5.91 Å². The quantitative estimate of drug-likeness (QED) is 0.865. The molecule has 1 atom stereocenters. The predicted octanol–water partition coefficient (Wildman–Crippen LogP) is 2.39. The number of hydrogen-bond acceptors (Lipinski definition) is 2. The lowest BCUT2D eigenvalue weighted by Crippen LogP contribution is -2.33. The van der Waals surface area contributed by atoms with Gasteiger partial charge in [0.05, 0.1) is 6.61 Å². The van der Waals surface area contributed by atoms with Crippen molar-refractivity contribution in [2.24, 2.45) is 5.41 Å². The van der Waals surface area contributed by atoms with Crippen LogP contribution >= 0.6 is 0 Å². The second-order valence-electron chi connectivity index (χ2n) is 6.43. The van der Waals surface area contributed by atoms with Gasteiger partial charge in [-0.2, -0.15) is 0 Å². The molecule has 2 N–H and O–H groups in total. The molecule has 1 fully saturated rings. The Hall–Kier alpha value is -1.35. The number of aliphatic hydroxyl groups is 1. The molecule has 1 aromatic rings. The van der Waals surface area contributed by atoms with Crippen molar-refractivity contribution in [3.05, 3.63) is 35.4 Å². The van der Waals surface area contributed by atoms with E-state index in [1.54, 1.807) is 0 Å². The van der Waals surface area contributed by atoms with Gasteiger partial charge in [0.15, 0.2) is 0 Å². The minimum absolute atomic E-state index is 0.000131. The molecule has 3 nitrogen and oxygen atoms in total. The van der Waals surface area contributed by atoms with Crippen LogP contribution in [0.2, 0.25) is 0 Å². The molecule has 0 spiro atoms. The van der Waals surface area contributed by atoms with Crippen molar-refractivity contribution in [2.75, 3.05) is 13.2 Å². The number of rotatable bonds is 5. The molecule has 0 heterocycles. The smallest absolute Gasteiger partial charge is 0.220 e. The van der Waals surface area contributed by atoms with Crippen LogP contribution in [-0.4, -0.2) is 24.2 Å². The fraction of sp³-hybridized carbons (Fsp3) is 0.588. The van der Waals surface area contributed by atoms with Crippen molar-refractivity contribution in [2.45, 2.75) is 44.4 Å². The molecule has 0 saturated heterocycles. The summed E-state index contributed by atoms with van der Waals surface area (Å²) in [6.07, 6.45) is 6.08. The molecule has 1 aromatic carbocycles. The van der Waals surface area contributed by atoms with Gasteiger partial charge >= 0.3 is 0 Å². The number of carbonyl (C=O) groups is 1. The van der Waals surface area contributed by atoms with Crippen LogP contribution in [0.25, 0.3) is 0 Å². The van der Waals surface area contributed by atoms with Gasteiger partial charge in [-0.25, -0.2) is 0 Å². The summed E-state index contributed by atoms with van der Waals surface area (Å²) in [6, 6.07) is 8.51. The highest BCUT2D eigenvalue weighted by Crippen LogP contribution is 2.44. The normalized spacial score (nSPS) is 22.9. The summed E-state index contributed by atoms with van der Waals surface area (Å²) >= 11 is 0. The van der Waals surface area contributed by atoms with E-state index in [2.05, 4.69) is 29.6 Å². The highest BCUT2D eigenvalue weighted by Gasteiger charge is 2.42. The molecule has 0 bridgehead atoms. The Kier molecular flexibility index (Phi) is 3.79. The van der Waals surface area contributed by atoms with Crippen LogP contribution in [0, 0.1) is 5.41 Å². The van der Waals surface area contributed by atoms with Gasteiger partial charge in [-0.15, -0.1) is 0 Å². The van der Waals surface area contributed by atoms with Crippen LogP contribution in [0.1, 0.15) is 49.1 Å². The first-order valence-electron chi connectivity index (χ1n) is 7.68. The summed E-state index contributed by atoms with van der Waals surface area (Å²) in [5, 5.41) is 12.3. The second-order valence-corrected chi connectivity index (χ2v) is 6.43. The summed E-state index contributed by atoms with van der Waals surface area (Å²) in [7, 11) is 0. The Bertz CT molecular complexity index is 494. The minimum Gasteiger partial charge on any atom is -0.396 e. The molecule has 1 saturated carbocycles. The Labute approximate surface area is 120 Å². The van der Waals surface area contributed by atoms with Crippen LogP contribution in [0.4, 0.5) is 0 Å². The maximum absolute atomic E-state index is 12.1. The molecule has 3 heteroatoms. The minimum atomic E-state index is 0.000131. The zero-order chi connectivity index (χ0) is 14.0. The summed E-state index contributed by atoms with van der Waals surface area (Å²) in [4.78, 5) is 12.1. The van der Waals surface area contributed by atoms with E-state index < -0.39 is 0 Å². The van der Waals surface area contributed by atoms with Crippen molar-refractivity contribution >= 4 is 5.91 Å². The Morgan fingerprint density at radius 1 is 1.35 bits per heavy atom. The van der Waals surface area contributed by atoms with Gasteiger partial charge < -0.3 is 10.4 Å². The summed E-state index contributed by atoms with van der Waals surface area (Å²) < 4.78 is 0. The fourth-order valence-electron chi connectivity index (χ4n) is 3.22. The average Bonchev–Trinajstić information content (AvgIpc) is 3.26. The van der Waals surface area contributed by atoms with Gasteiger partial charge in [-0.3, -0.25) is 4.79 Å². The van der Waals surface area contributed by atoms with Crippen LogP contribution in [0.5, 0.6) is 0 Å². The molecular formula is C17H23NO2. The Morgan fingerprint density at radius 3 is 2.90 bits per heavy atom. The molecule has 3 rings (SSSR count). The zero-order valence-electron chi connectivity index (χ0n) is 11.9. The van der Waals surface area contributed by atoms with Crippen LogP contribution in [-0.2, 0) is 11.2 Å². The van der Waals surface area contributed by atoms with E-state index in [0.29, 0.717) is 18.9 Å². The summed E-state index contributed by atoms with van der Waals surface area (Å²) in [5.74, 6) is 0.496. The number of hydrogen-bond donors (Lipinski definition) is 2. The van der Waals surface area contributed by atoms with Crippen molar-refractivity contribution in [1.82, 2.24) is 5.32 Å². The van der Waals surface area contributed by atoms with Crippen molar-refractivity contribution in [1.29, 1.82) is 0 Å². The van der Waals surface area contributed by atoms with Crippen LogP contribution < -0.4 is 5.32 Å². The molecule has 20 heavy (non-hydrogen) atoms. The van der Waals surface area contributed by atoms with E-state index in [1.807, 2.05) is 0 Å². The first-order chi connectivity index (χ1) is 9.72. The molecule has 1 unspecified atom stereocenters. The molecule has 0 aromatic heterocycles. The highest BCUT2D eigenvalue weighted by atomic mass is 16.3. The second kappa shape index (κ2) is 5.57. The third-order valence-electron chi connectivity index (χ3n) is 4.88. The fourth-order valence-corrected chi connectivity index (χ4v) is 3.22. The molecule has 1 amide bonds. The lowest BCUT2D eigenvalue weighted by molar-refractivity contribution is -0.121. The lowest BCUT2D eigenvalue weighted by Gasteiger charge is -2.25. The number of carbonyl (C=O) groups excluding carboxylic acids is 1. The largest absolute Gasteiger partial charge is 0.396 e.